The van der Waals surface area contributed by atoms with Crippen LogP contribution in [0.2, 0.25) is 0 Å². The van der Waals surface area contributed by atoms with Gasteiger partial charge in [0.15, 0.2) is 0 Å². The summed E-state index contributed by atoms with van der Waals surface area (Å²) in [5.41, 5.74) is 2.02. The van der Waals surface area contributed by atoms with Gasteiger partial charge < -0.3 is 10.4 Å². The summed E-state index contributed by atoms with van der Waals surface area (Å²) in [6, 6.07) is 7.46. The van der Waals surface area contributed by atoms with Gasteiger partial charge in [-0.2, -0.15) is 0 Å². The Morgan fingerprint density at radius 1 is 1.29 bits per heavy atom. The largest absolute Gasteiger partial charge is 0.394 e. The van der Waals surface area contributed by atoms with E-state index in [4.69, 9.17) is 5.11 Å². The van der Waals surface area contributed by atoms with Gasteiger partial charge in [0.05, 0.1) is 12.6 Å². The number of hydrogen-bond donors (Lipinski definition) is 2. The molecule has 0 heterocycles. The van der Waals surface area contributed by atoms with Gasteiger partial charge in [-0.3, -0.25) is 4.79 Å². The number of rotatable bonds is 6. The quantitative estimate of drug-likeness (QED) is 0.739. The molecule has 1 unspecified atom stereocenters. The van der Waals surface area contributed by atoms with Gasteiger partial charge >= 0.3 is 0 Å². The zero-order valence-corrected chi connectivity index (χ0v) is 10.3. The predicted molar refractivity (Wildman–Crippen MR) is 69.3 cm³/mol. The Bertz CT molecular complexity index is 368. The van der Waals surface area contributed by atoms with Crippen LogP contribution < -0.4 is 5.32 Å². The monoisotopic (exact) mass is 233 g/mol. The van der Waals surface area contributed by atoms with Crippen LogP contribution in [0.5, 0.6) is 0 Å². The molecule has 1 rings (SSSR count). The summed E-state index contributed by atoms with van der Waals surface area (Å²) in [5, 5.41) is 11.7. The molecule has 3 heteroatoms. The number of nitrogens with one attached hydrogen (secondary N) is 1. The fourth-order valence-corrected chi connectivity index (χ4v) is 1.48. The molecule has 1 aromatic carbocycles. The van der Waals surface area contributed by atoms with Crippen LogP contribution in [0, 0.1) is 5.92 Å². The van der Waals surface area contributed by atoms with Gasteiger partial charge in [-0.25, -0.2) is 0 Å². The van der Waals surface area contributed by atoms with Crippen LogP contribution in [0.4, 0.5) is 0 Å². The first-order valence-corrected chi connectivity index (χ1v) is 5.76. The Morgan fingerprint density at radius 3 is 2.41 bits per heavy atom. The van der Waals surface area contributed by atoms with Crippen molar-refractivity contribution in [1.82, 2.24) is 5.32 Å². The van der Waals surface area contributed by atoms with Crippen LogP contribution in [-0.4, -0.2) is 18.1 Å². The van der Waals surface area contributed by atoms with Crippen molar-refractivity contribution in [2.45, 2.75) is 19.9 Å². The van der Waals surface area contributed by atoms with E-state index in [1.54, 1.807) is 0 Å². The lowest BCUT2D eigenvalue weighted by atomic mass is 10.0. The maximum atomic E-state index is 10.4. The van der Waals surface area contributed by atoms with E-state index in [1.165, 1.54) is 0 Å². The smallest absolute Gasteiger partial charge is 0.207 e. The lowest BCUT2D eigenvalue weighted by molar-refractivity contribution is -0.110. The second-order valence-corrected chi connectivity index (χ2v) is 4.29. The van der Waals surface area contributed by atoms with Gasteiger partial charge in [0.25, 0.3) is 0 Å². The Balaban J connectivity index is 2.76. The molecule has 2 N–H and O–H groups in total. The highest BCUT2D eigenvalue weighted by Crippen LogP contribution is 2.14. The zero-order chi connectivity index (χ0) is 12.7. The third-order valence-electron chi connectivity index (χ3n) is 2.46. The summed E-state index contributed by atoms with van der Waals surface area (Å²) in [5.74, 6) is 0.525. The molecule has 1 amide bonds. The van der Waals surface area contributed by atoms with E-state index in [-0.39, 0.29) is 12.6 Å². The molecule has 0 spiro atoms. The molecule has 0 aromatic heterocycles. The third kappa shape index (κ3) is 4.41. The lowest BCUT2D eigenvalue weighted by Crippen LogP contribution is -2.22. The van der Waals surface area contributed by atoms with Crippen LogP contribution >= 0.6 is 0 Å². The van der Waals surface area contributed by atoms with E-state index in [9.17, 15) is 4.79 Å². The average molecular weight is 233 g/mol. The van der Waals surface area contributed by atoms with E-state index < -0.39 is 0 Å². The number of benzene rings is 1. The molecule has 0 fully saturated rings. The van der Waals surface area contributed by atoms with Crippen molar-refractivity contribution in [2.75, 3.05) is 6.61 Å². The molecule has 0 saturated heterocycles. The van der Waals surface area contributed by atoms with E-state index in [2.05, 4.69) is 31.3 Å². The minimum absolute atomic E-state index is 0.0973. The van der Waals surface area contributed by atoms with Crippen molar-refractivity contribution in [3.8, 4) is 0 Å². The van der Waals surface area contributed by atoms with Crippen molar-refractivity contribution in [2.24, 2.45) is 5.92 Å². The van der Waals surface area contributed by atoms with Gasteiger partial charge in [0.1, 0.15) is 0 Å². The number of amides is 1. The minimum Gasteiger partial charge on any atom is -0.394 e. The first kappa shape index (κ1) is 13.5. The topological polar surface area (TPSA) is 49.3 Å². The summed E-state index contributed by atoms with van der Waals surface area (Å²) in [6.07, 6.45) is 4.80. The van der Waals surface area contributed by atoms with Crippen LogP contribution in [0.3, 0.4) is 0 Å². The lowest BCUT2D eigenvalue weighted by Gasteiger charge is -2.13. The average Bonchev–Trinajstić information content (AvgIpc) is 2.34. The van der Waals surface area contributed by atoms with Gasteiger partial charge in [-0.05, 0) is 17.0 Å². The van der Waals surface area contributed by atoms with Crippen LogP contribution in [0.25, 0.3) is 6.08 Å². The first-order valence-electron chi connectivity index (χ1n) is 5.76. The number of aliphatic hydroxyl groups is 1. The third-order valence-corrected chi connectivity index (χ3v) is 2.46. The highest BCUT2D eigenvalue weighted by atomic mass is 16.3. The second kappa shape index (κ2) is 6.86. The van der Waals surface area contributed by atoms with Crippen LogP contribution in [0.15, 0.2) is 30.3 Å². The van der Waals surface area contributed by atoms with E-state index in [0.29, 0.717) is 12.3 Å². The second-order valence-electron chi connectivity index (χ2n) is 4.29. The summed E-state index contributed by atoms with van der Waals surface area (Å²) in [4.78, 5) is 10.4. The maximum Gasteiger partial charge on any atom is 0.207 e. The SMILES string of the molecule is CC(C)C=Cc1ccc(C(CO)NC=O)cc1. The van der Waals surface area contributed by atoms with Gasteiger partial charge in [0, 0.05) is 0 Å². The van der Waals surface area contributed by atoms with Crippen LogP contribution in [-0.2, 0) is 4.79 Å². The maximum absolute atomic E-state index is 10.4. The zero-order valence-electron chi connectivity index (χ0n) is 10.3. The van der Waals surface area contributed by atoms with Crippen LogP contribution in [0.1, 0.15) is 31.0 Å². The standard InChI is InChI=1S/C14H19NO2/c1-11(2)3-4-12-5-7-13(8-6-12)14(9-16)15-10-17/h3-8,10-11,14,16H,9H2,1-2H3,(H,15,17). The van der Waals surface area contributed by atoms with Gasteiger partial charge in [-0.15, -0.1) is 0 Å². The minimum atomic E-state index is -0.323. The summed E-state index contributed by atoms with van der Waals surface area (Å²) in [7, 11) is 0. The fourth-order valence-electron chi connectivity index (χ4n) is 1.48. The normalized spacial score (nSPS) is 12.9. The number of hydrogen-bond acceptors (Lipinski definition) is 2. The molecule has 3 nitrogen and oxygen atoms in total. The fraction of sp³-hybridized carbons (Fsp3) is 0.357. The Kier molecular flexibility index (Phi) is 5.43. The van der Waals surface area contributed by atoms with Gasteiger partial charge in [0.2, 0.25) is 6.41 Å². The number of carbonyl (C=O) groups is 1. The molecule has 1 atom stereocenters. The highest BCUT2D eigenvalue weighted by molar-refractivity contribution is 5.51. The highest BCUT2D eigenvalue weighted by Gasteiger charge is 2.07. The summed E-state index contributed by atoms with van der Waals surface area (Å²) in [6.45, 7) is 4.15. The van der Waals surface area contributed by atoms with E-state index in [0.717, 1.165) is 11.1 Å². The van der Waals surface area contributed by atoms with Crippen molar-refractivity contribution in [1.29, 1.82) is 0 Å². The molecule has 1 aromatic rings. The molecular weight excluding hydrogens is 214 g/mol. The summed E-state index contributed by atoms with van der Waals surface area (Å²) < 4.78 is 0. The van der Waals surface area contributed by atoms with E-state index >= 15 is 0 Å². The Hall–Kier alpha value is -1.61. The summed E-state index contributed by atoms with van der Waals surface area (Å²) >= 11 is 0. The molecule has 92 valence electrons. The molecule has 17 heavy (non-hydrogen) atoms. The molecule has 0 bridgehead atoms. The van der Waals surface area contributed by atoms with Crippen molar-refractivity contribution in [3.05, 3.63) is 41.5 Å². The Morgan fingerprint density at radius 2 is 1.94 bits per heavy atom. The number of allylic oxidation sites excluding steroid dienone is 1. The predicted octanol–water partition coefficient (Wildman–Crippen LogP) is 2.14. The van der Waals surface area contributed by atoms with Crippen molar-refractivity contribution >= 4 is 12.5 Å². The number of aliphatic hydroxyl groups excluding tert-OH is 1. The molecule has 0 saturated carbocycles. The first-order chi connectivity index (χ1) is 8.17. The Labute approximate surface area is 102 Å². The number of carbonyl (C=O) groups excluding carboxylic acids is 1. The molecule has 0 aliphatic rings. The molecular formula is C14H19NO2. The van der Waals surface area contributed by atoms with Crippen molar-refractivity contribution < 1.29 is 9.90 Å². The van der Waals surface area contributed by atoms with Crippen molar-refractivity contribution in [3.63, 3.8) is 0 Å². The molecule has 0 aliphatic carbocycles. The molecule has 0 radical (unpaired) electrons. The van der Waals surface area contributed by atoms with E-state index in [1.807, 2.05) is 24.3 Å². The molecule has 0 aliphatic heterocycles. The van der Waals surface area contributed by atoms with Gasteiger partial charge in [-0.1, -0.05) is 50.3 Å².